The molecule has 0 aromatic heterocycles. The van der Waals surface area contributed by atoms with Crippen molar-refractivity contribution in [1.82, 2.24) is 5.32 Å². The second kappa shape index (κ2) is 12.0. The van der Waals surface area contributed by atoms with E-state index in [1.54, 1.807) is 31.2 Å². The van der Waals surface area contributed by atoms with E-state index in [1.165, 1.54) is 28.8 Å². The minimum absolute atomic E-state index is 0.114. The van der Waals surface area contributed by atoms with Gasteiger partial charge in [0.1, 0.15) is 23.7 Å². The molecule has 0 aliphatic heterocycles. The third kappa shape index (κ3) is 6.32. The van der Waals surface area contributed by atoms with Crippen LogP contribution < -0.4 is 10.1 Å². The summed E-state index contributed by atoms with van der Waals surface area (Å²) in [6.45, 7) is 6.52. The van der Waals surface area contributed by atoms with E-state index in [0.29, 0.717) is 25.2 Å². The predicted molar refractivity (Wildman–Crippen MR) is 157 cm³/mol. The lowest BCUT2D eigenvalue weighted by Crippen LogP contribution is -2.56. The van der Waals surface area contributed by atoms with Crippen LogP contribution in [0.5, 0.6) is 5.75 Å². The molecule has 4 aromatic carbocycles. The molecule has 5 nitrogen and oxygen atoms in total. The highest BCUT2D eigenvalue weighted by atomic mass is 19.1. The summed E-state index contributed by atoms with van der Waals surface area (Å²) in [7, 11) is 0. The third-order valence-corrected chi connectivity index (χ3v) is 7.61. The van der Waals surface area contributed by atoms with E-state index >= 15 is 0 Å². The molecule has 0 saturated carbocycles. The summed E-state index contributed by atoms with van der Waals surface area (Å²) in [4.78, 5) is 26.5. The van der Waals surface area contributed by atoms with Crippen LogP contribution in [0, 0.1) is 19.7 Å². The molecule has 0 spiro atoms. The molecule has 0 heterocycles. The quantitative estimate of drug-likeness (QED) is 0.243. The van der Waals surface area contributed by atoms with Crippen LogP contribution in [0.15, 0.2) is 84.9 Å². The number of aryl methyl sites for hydroxylation is 2. The van der Waals surface area contributed by atoms with Gasteiger partial charge in [-0.15, -0.1) is 0 Å². The Hall–Kier alpha value is -4.45. The van der Waals surface area contributed by atoms with Crippen LogP contribution in [0.1, 0.15) is 40.3 Å². The first kappa shape index (κ1) is 28.1. The monoisotopic (exact) mass is 551 g/mol. The molecule has 5 rings (SSSR count). The van der Waals surface area contributed by atoms with Crippen LogP contribution in [0.2, 0.25) is 0 Å². The number of hydrogen-bond donors (Lipinski definition) is 1. The first-order valence-corrected chi connectivity index (χ1v) is 13.9. The van der Waals surface area contributed by atoms with Crippen molar-refractivity contribution in [2.45, 2.75) is 52.2 Å². The summed E-state index contributed by atoms with van der Waals surface area (Å²) in [6.07, 6.45) is 0.876. The highest BCUT2D eigenvalue weighted by Gasteiger charge is 2.46. The summed E-state index contributed by atoms with van der Waals surface area (Å²) < 4.78 is 24.4. The molecule has 4 aromatic rings. The van der Waals surface area contributed by atoms with Crippen molar-refractivity contribution in [3.63, 3.8) is 0 Å². The molecule has 0 bridgehead atoms. The molecule has 210 valence electrons. The zero-order valence-corrected chi connectivity index (χ0v) is 23.6. The van der Waals surface area contributed by atoms with E-state index in [-0.39, 0.29) is 24.8 Å². The topological polar surface area (TPSA) is 64.6 Å². The van der Waals surface area contributed by atoms with Gasteiger partial charge in [-0.1, -0.05) is 60.7 Å². The Bertz CT molecular complexity index is 1540. The molecule has 1 amide bonds. The number of fused-ring (bicyclic) bond motifs is 1. The van der Waals surface area contributed by atoms with Crippen LogP contribution in [0.3, 0.4) is 0 Å². The van der Waals surface area contributed by atoms with E-state index in [9.17, 15) is 14.0 Å². The number of nitrogens with one attached hydrogen (secondary N) is 1. The SMILES string of the molecule is CCOC(=O)C1(NC(=O)Cc2ccc(OCc3ccc(F)cc3)cc2)Cc2ccc(-c3c(C)cccc3C)cc2C1. The maximum absolute atomic E-state index is 13.3. The third-order valence-electron chi connectivity index (χ3n) is 7.61. The number of rotatable bonds is 9. The Morgan fingerprint density at radius 1 is 0.854 bits per heavy atom. The first-order valence-electron chi connectivity index (χ1n) is 13.9. The fourth-order valence-electron chi connectivity index (χ4n) is 5.60. The summed E-state index contributed by atoms with van der Waals surface area (Å²) >= 11 is 0. The Labute approximate surface area is 240 Å². The number of carbonyl (C=O) groups is 2. The summed E-state index contributed by atoms with van der Waals surface area (Å²) in [5.74, 6) is -0.305. The first-order chi connectivity index (χ1) is 19.8. The van der Waals surface area contributed by atoms with Crippen molar-refractivity contribution in [2.24, 2.45) is 0 Å². The zero-order valence-electron chi connectivity index (χ0n) is 23.6. The van der Waals surface area contributed by atoms with Crippen molar-refractivity contribution in [2.75, 3.05) is 6.61 Å². The predicted octanol–water partition coefficient (Wildman–Crippen LogP) is 6.45. The van der Waals surface area contributed by atoms with Gasteiger partial charge in [-0.05, 0) is 89.5 Å². The lowest BCUT2D eigenvalue weighted by molar-refractivity contribution is -0.153. The molecule has 41 heavy (non-hydrogen) atoms. The molecular weight excluding hydrogens is 517 g/mol. The Kier molecular flexibility index (Phi) is 8.20. The Morgan fingerprint density at radius 3 is 2.20 bits per heavy atom. The van der Waals surface area contributed by atoms with Gasteiger partial charge in [0.15, 0.2) is 0 Å². The summed E-state index contributed by atoms with van der Waals surface area (Å²) in [6, 6.07) is 26.0. The van der Waals surface area contributed by atoms with Crippen molar-refractivity contribution in [3.05, 3.63) is 124 Å². The highest BCUT2D eigenvalue weighted by Crippen LogP contribution is 2.36. The number of benzene rings is 4. The molecule has 1 N–H and O–H groups in total. The fourth-order valence-corrected chi connectivity index (χ4v) is 5.60. The van der Waals surface area contributed by atoms with Crippen molar-refractivity contribution in [1.29, 1.82) is 0 Å². The lowest BCUT2D eigenvalue weighted by atomic mass is 9.93. The molecular formula is C35H34FNO4. The average molecular weight is 552 g/mol. The van der Waals surface area contributed by atoms with Gasteiger partial charge in [0, 0.05) is 12.8 Å². The number of amides is 1. The van der Waals surface area contributed by atoms with Gasteiger partial charge in [0.2, 0.25) is 5.91 Å². The number of carbonyl (C=O) groups excluding carboxylic acids is 2. The Morgan fingerprint density at radius 2 is 1.51 bits per heavy atom. The van der Waals surface area contributed by atoms with Crippen LogP contribution in [0.25, 0.3) is 11.1 Å². The zero-order chi connectivity index (χ0) is 29.0. The van der Waals surface area contributed by atoms with Gasteiger partial charge in [0.25, 0.3) is 0 Å². The van der Waals surface area contributed by atoms with Crippen molar-refractivity contribution >= 4 is 11.9 Å². The van der Waals surface area contributed by atoms with Crippen LogP contribution >= 0.6 is 0 Å². The van der Waals surface area contributed by atoms with Crippen LogP contribution in [-0.2, 0) is 40.2 Å². The maximum Gasteiger partial charge on any atom is 0.332 e. The van der Waals surface area contributed by atoms with E-state index < -0.39 is 11.5 Å². The lowest BCUT2D eigenvalue weighted by Gasteiger charge is -2.28. The smallest absolute Gasteiger partial charge is 0.332 e. The maximum atomic E-state index is 13.3. The van der Waals surface area contributed by atoms with Gasteiger partial charge in [-0.2, -0.15) is 0 Å². The van der Waals surface area contributed by atoms with Gasteiger partial charge >= 0.3 is 5.97 Å². The number of halogens is 1. The van der Waals surface area contributed by atoms with Gasteiger partial charge in [-0.3, -0.25) is 4.79 Å². The van der Waals surface area contributed by atoms with Crippen LogP contribution in [0.4, 0.5) is 4.39 Å². The van der Waals surface area contributed by atoms with Crippen molar-refractivity contribution < 1.29 is 23.5 Å². The van der Waals surface area contributed by atoms with Gasteiger partial charge in [0.05, 0.1) is 13.0 Å². The van der Waals surface area contributed by atoms with Gasteiger partial charge in [-0.25, -0.2) is 9.18 Å². The van der Waals surface area contributed by atoms with E-state index in [0.717, 1.165) is 27.8 Å². The molecule has 0 fully saturated rings. The van der Waals surface area contributed by atoms with E-state index in [4.69, 9.17) is 9.47 Å². The van der Waals surface area contributed by atoms with E-state index in [1.807, 2.05) is 12.1 Å². The number of hydrogen-bond acceptors (Lipinski definition) is 4. The molecule has 0 saturated heterocycles. The molecule has 6 heteroatoms. The summed E-state index contributed by atoms with van der Waals surface area (Å²) in [5.41, 5.74) is 7.27. The summed E-state index contributed by atoms with van der Waals surface area (Å²) in [5, 5.41) is 3.04. The van der Waals surface area contributed by atoms with E-state index in [2.05, 4.69) is 55.6 Å². The molecule has 1 atom stereocenters. The molecule has 1 aliphatic carbocycles. The highest BCUT2D eigenvalue weighted by molar-refractivity contribution is 5.90. The second-order valence-electron chi connectivity index (χ2n) is 10.7. The normalized spacial score (nSPS) is 15.7. The average Bonchev–Trinajstić information content (AvgIpc) is 3.32. The minimum atomic E-state index is -1.15. The second-order valence-corrected chi connectivity index (χ2v) is 10.7. The minimum Gasteiger partial charge on any atom is -0.489 e. The molecule has 1 aliphatic rings. The van der Waals surface area contributed by atoms with Crippen molar-refractivity contribution in [3.8, 4) is 16.9 Å². The molecule has 0 radical (unpaired) electrons. The largest absolute Gasteiger partial charge is 0.489 e. The fraction of sp³-hybridized carbons (Fsp3) is 0.257. The number of esters is 1. The van der Waals surface area contributed by atoms with Crippen LogP contribution in [-0.4, -0.2) is 24.0 Å². The standard InChI is InChI=1S/C35H34FNO4/c1-4-40-34(39)35(20-28-13-12-27(19-29(28)21-35)33-23(2)6-5-7-24(33)3)37-32(38)18-25-10-16-31(17-11-25)41-22-26-8-14-30(36)15-9-26/h5-17,19H,4,18,20-22H2,1-3H3,(H,37,38). The number of ether oxygens (including phenoxy) is 2. The van der Waals surface area contributed by atoms with Gasteiger partial charge < -0.3 is 14.8 Å². The Balaban J connectivity index is 1.28. The molecule has 1 unspecified atom stereocenters.